The van der Waals surface area contributed by atoms with Gasteiger partial charge in [-0.05, 0) is 30.7 Å². The molecule has 0 saturated heterocycles. The number of rotatable bonds is 40. The maximum atomic E-state index is 13.6. The zero-order valence-electron chi connectivity index (χ0n) is 42.0. The van der Waals surface area contributed by atoms with Gasteiger partial charge in [0.15, 0.2) is 11.2 Å². The van der Waals surface area contributed by atoms with Crippen LogP contribution in [0.5, 0.6) is 0 Å². The van der Waals surface area contributed by atoms with Crippen molar-refractivity contribution < 1.29 is 84.9 Å². The summed E-state index contributed by atoms with van der Waals surface area (Å²) in [7, 11) is 0. The smallest absolute Gasteiger partial charge is 0.471 e. The van der Waals surface area contributed by atoms with Gasteiger partial charge in [0.05, 0.1) is 118 Å². The van der Waals surface area contributed by atoms with Crippen LogP contribution in [0, 0.1) is 37.0 Å². The predicted molar refractivity (Wildman–Crippen MR) is 267 cm³/mol. The van der Waals surface area contributed by atoms with Crippen molar-refractivity contribution in [1.82, 2.24) is 35.9 Å². The summed E-state index contributed by atoms with van der Waals surface area (Å²) in [5.74, 6) is 1.33. The summed E-state index contributed by atoms with van der Waals surface area (Å²) in [6.45, 7) is 2.59. The van der Waals surface area contributed by atoms with Crippen LogP contribution in [0.3, 0.4) is 0 Å². The summed E-state index contributed by atoms with van der Waals surface area (Å²) in [6, 6.07) is 2.69. The number of aromatic amines is 1. The van der Waals surface area contributed by atoms with Crippen molar-refractivity contribution in [2.45, 2.75) is 43.6 Å². The fourth-order valence-corrected chi connectivity index (χ4v) is 6.43. The molecule has 0 aliphatic heterocycles. The number of carbonyl (C=O) groups is 5. The maximum absolute atomic E-state index is 13.6. The number of hydrogen-bond acceptors (Lipinski definition) is 19. The van der Waals surface area contributed by atoms with Gasteiger partial charge in [-0.25, -0.2) is 14.8 Å². The molecule has 0 spiro atoms. The molecule has 77 heavy (non-hydrogen) atoms. The van der Waals surface area contributed by atoms with Gasteiger partial charge in [-0.3, -0.25) is 33.9 Å². The number of anilines is 2. The first kappa shape index (κ1) is 64.0. The Morgan fingerprint density at radius 1 is 0.714 bits per heavy atom. The number of H-pyrrole nitrogens is 1. The van der Waals surface area contributed by atoms with E-state index in [-0.39, 0.29) is 145 Å². The Hall–Kier alpha value is -7.30. The quantitative estimate of drug-likeness (QED) is 0.0316. The number of hydrogen-bond donors (Lipinski definition) is 6. The van der Waals surface area contributed by atoms with Crippen LogP contribution >= 0.6 is 0 Å². The molecule has 0 aliphatic carbocycles. The topological polar surface area (TPSA) is 326 Å². The lowest BCUT2D eigenvalue weighted by Crippen LogP contribution is -2.58. The molecule has 1 aromatic carbocycles. The number of nitrogens with zero attached hydrogens (tertiary/aromatic N) is 4. The maximum Gasteiger partial charge on any atom is 0.471 e. The average Bonchev–Trinajstić information content (AvgIpc) is 3.40. The molecular formula is C49H62F3N9O16. The minimum Gasteiger partial charge on any atom is -0.480 e. The number of nitrogens with two attached hydrogens (primary N) is 1. The molecule has 28 heteroatoms. The third-order valence-corrected chi connectivity index (χ3v) is 10.00. The van der Waals surface area contributed by atoms with E-state index in [0.717, 1.165) is 30.5 Å². The normalized spacial score (nSPS) is 11.7. The predicted octanol–water partition coefficient (Wildman–Crippen LogP) is -0.236. The largest absolute Gasteiger partial charge is 0.480 e. The van der Waals surface area contributed by atoms with Gasteiger partial charge in [-0.15, -0.1) is 19.3 Å². The van der Waals surface area contributed by atoms with Crippen molar-refractivity contribution in [2.24, 2.45) is 0 Å². The minimum atomic E-state index is -5.33. The molecule has 1 atom stereocenters. The molecule has 0 aliphatic rings. The van der Waals surface area contributed by atoms with Crippen LogP contribution in [0.1, 0.15) is 35.3 Å². The van der Waals surface area contributed by atoms with E-state index in [2.05, 4.69) is 53.6 Å². The highest BCUT2D eigenvalue weighted by molar-refractivity contribution is 5.99. The fraction of sp³-hybridized carbons (Fsp3) is 0.531. The van der Waals surface area contributed by atoms with Gasteiger partial charge in [-0.1, -0.05) is 17.8 Å². The number of alkyl halides is 3. The van der Waals surface area contributed by atoms with E-state index in [4.69, 9.17) is 67.6 Å². The number of halogens is 3. The lowest BCUT2D eigenvalue weighted by atomic mass is 10.0. The summed E-state index contributed by atoms with van der Waals surface area (Å²) in [5.41, 5.74) is 2.40. The van der Waals surface area contributed by atoms with Gasteiger partial charge < -0.3 is 69.4 Å². The Morgan fingerprint density at radius 3 is 1.71 bits per heavy atom. The molecular weight excluding hydrogens is 1030 g/mol. The summed E-state index contributed by atoms with van der Waals surface area (Å²) < 4.78 is 90.1. The van der Waals surface area contributed by atoms with Crippen molar-refractivity contribution in [3.05, 3.63) is 52.1 Å². The molecule has 420 valence electrons. The number of aliphatic carboxylic acids is 1. The van der Waals surface area contributed by atoms with Crippen LogP contribution in [0.25, 0.3) is 11.2 Å². The number of ether oxygens (including phenoxy) is 9. The highest BCUT2D eigenvalue weighted by Gasteiger charge is 2.43. The summed E-state index contributed by atoms with van der Waals surface area (Å²) in [4.78, 5) is 88.8. The number of carboxylic acids is 1. The molecule has 4 amide bonds. The average molecular weight is 1090 g/mol. The number of benzene rings is 1. The molecule has 7 N–H and O–H groups in total. The van der Waals surface area contributed by atoms with Crippen LogP contribution in [0.4, 0.5) is 24.8 Å². The number of carbonyl (C=O) groups excluding carboxylic acids is 4. The van der Waals surface area contributed by atoms with Crippen LogP contribution in [0.2, 0.25) is 0 Å². The SMILES string of the molecule is C#CCOCC(COCC#C)(COCC#C)NC(=O)CCOCCOCCOCCOCCOCCOCCNC(=O)CC[C@H](NC(=O)c1ccc(N(Cc2cnc3nc(N)[nH]c(=O)c3n2)C(=O)C(F)(F)F)cc1)C(=O)O. The lowest BCUT2D eigenvalue weighted by Gasteiger charge is -2.33. The standard InChI is InChI=1S/C49H62F3N9O16/c1-4-15-75-32-48(33-76-16-5-2,34-77-17-6-3)60-40(63)13-18-69-20-22-71-24-26-73-28-29-74-27-25-72-23-21-70-19-14-54-39(62)12-11-38(45(66)67)57-43(64)35-7-9-37(10-8-35)61(46(68)49(50,51)52)31-36-30-55-42-41(56-36)44(65)59-47(53)58-42/h1-3,7-10,30,38H,11-29,31-34H2,(H,54,62)(H,57,64)(H,60,63)(H,66,67)(H3,53,55,58,59,65)/t38-/m0/s1. The highest BCUT2D eigenvalue weighted by atomic mass is 19.4. The van der Waals surface area contributed by atoms with Gasteiger partial charge in [0.2, 0.25) is 17.8 Å². The Labute approximate surface area is 441 Å². The van der Waals surface area contributed by atoms with Gasteiger partial charge in [0.25, 0.3) is 11.5 Å². The molecule has 0 radical (unpaired) electrons. The van der Waals surface area contributed by atoms with Gasteiger partial charge in [0.1, 0.15) is 31.4 Å². The summed E-state index contributed by atoms with van der Waals surface area (Å²) in [5, 5.41) is 17.4. The molecule has 3 aromatic rings. The van der Waals surface area contributed by atoms with E-state index in [9.17, 15) is 47.0 Å². The zero-order valence-corrected chi connectivity index (χ0v) is 42.0. The van der Waals surface area contributed by atoms with Crippen LogP contribution < -0.4 is 32.1 Å². The summed E-state index contributed by atoms with van der Waals surface area (Å²) in [6.07, 6.45) is 11.0. The second-order valence-corrected chi connectivity index (χ2v) is 16.0. The van der Waals surface area contributed by atoms with E-state index in [1.807, 2.05) is 0 Å². The van der Waals surface area contributed by atoms with E-state index in [0.29, 0.717) is 44.5 Å². The third kappa shape index (κ3) is 25.4. The number of amides is 4. The Balaban J connectivity index is 1.20. The lowest BCUT2D eigenvalue weighted by molar-refractivity contribution is -0.170. The second kappa shape index (κ2) is 35.9. The number of nitrogens with one attached hydrogen (secondary N) is 4. The van der Waals surface area contributed by atoms with Crippen LogP contribution in [0.15, 0.2) is 35.3 Å². The second-order valence-electron chi connectivity index (χ2n) is 16.0. The van der Waals surface area contributed by atoms with E-state index < -0.39 is 53.6 Å². The van der Waals surface area contributed by atoms with Crippen molar-refractivity contribution in [3.8, 4) is 37.0 Å². The molecule has 2 aromatic heterocycles. The first-order valence-electron chi connectivity index (χ1n) is 23.6. The van der Waals surface area contributed by atoms with Gasteiger partial charge >= 0.3 is 18.1 Å². The molecule has 0 saturated carbocycles. The number of nitrogen functional groups attached to an aromatic ring is 1. The highest BCUT2D eigenvalue weighted by Crippen LogP contribution is 2.26. The first-order valence-corrected chi connectivity index (χ1v) is 23.6. The molecule has 2 heterocycles. The van der Waals surface area contributed by atoms with E-state index >= 15 is 0 Å². The summed E-state index contributed by atoms with van der Waals surface area (Å²) >= 11 is 0. The fourth-order valence-electron chi connectivity index (χ4n) is 6.43. The van der Waals surface area contributed by atoms with Gasteiger partial charge in [-0.2, -0.15) is 18.2 Å². The van der Waals surface area contributed by atoms with E-state index in [1.165, 1.54) is 0 Å². The molecule has 0 unspecified atom stereocenters. The van der Waals surface area contributed by atoms with E-state index in [1.54, 1.807) is 0 Å². The number of carboxylic acid groups (broad SMARTS) is 1. The Morgan fingerprint density at radius 2 is 1.22 bits per heavy atom. The van der Waals surface area contributed by atoms with Crippen molar-refractivity contribution in [1.29, 1.82) is 0 Å². The molecule has 0 bridgehead atoms. The zero-order chi connectivity index (χ0) is 56.3. The van der Waals surface area contributed by atoms with Crippen molar-refractivity contribution >= 4 is 52.4 Å². The van der Waals surface area contributed by atoms with Crippen LogP contribution in [-0.2, 0) is 68.4 Å². The molecule has 3 rings (SSSR count). The van der Waals surface area contributed by atoms with Crippen molar-refractivity contribution in [3.63, 3.8) is 0 Å². The Bertz CT molecular complexity index is 2470. The van der Waals surface area contributed by atoms with Crippen molar-refractivity contribution in [2.75, 3.05) is 136 Å². The number of terminal acetylenes is 3. The number of fused-ring (bicyclic) bond motifs is 1. The number of aromatic nitrogens is 4. The monoisotopic (exact) mass is 1090 g/mol. The van der Waals surface area contributed by atoms with Gasteiger partial charge in [0, 0.05) is 30.6 Å². The third-order valence-electron chi connectivity index (χ3n) is 10.00. The minimum absolute atomic E-state index is 0.00667. The Kier molecular flexibility index (Phi) is 29.8. The molecule has 25 nitrogen and oxygen atoms in total. The first-order chi connectivity index (χ1) is 37.0. The molecule has 0 fully saturated rings. The van der Waals surface area contributed by atoms with Crippen LogP contribution in [-0.4, -0.2) is 198 Å².